The fourth-order valence-electron chi connectivity index (χ4n) is 0. The molecule has 2 nitrogen and oxygen atoms in total. The Kier molecular flexibility index (Phi) is 9.00. The summed E-state index contributed by atoms with van der Waals surface area (Å²) in [6.45, 7) is 2.46. The SMILES string of the molecule is CC(N)CN.[Ru+3]. The van der Waals surface area contributed by atoms with E-state index in [0.29, 0.717) is 6.54 Å². The molecule has 0 aromatic carbocycles. The number of hydrogen-bond donors (Lipinski definition) is 2. The first-order valence-electron chi connectivity index (χ1n) is 1.73. The number of rotatable bonds is 1. The molecule has 0 aliphatic rings. The smallest absolute Gasteiger partial charge is 0.329 e. The van der Waals surface area contributed by atoms with Crippen molar-refractivity contribution in [3.05, 3.63) is 0 Å². The van der Waals surface area contributed by atoms with Crippen molar-refractivity contribution in [2.45, 2.75) is 13.0 Å². The summed E-state index contributed by atoms with van der Waals surface area (Å²) < 4.78 is 0. The van der Waals surface area contributed by atoms with Gasteiger partial charge in [-0.1, -0.05) is 0 Å². The first kappa shape index (κ1) is 9.74. The Morgan fingerprint density at radius 3 is 1.83 bits per heavy atom. The fourth-order valence-corrected chi connectivity index (χ4v) is 0. The predicted octanol–water partition coefficient (Wildman–Crippen LogP) is -0.710. The normalized spacial score (nSPS) is 12.5. The second kappa shape index (κ2) is 5.54. The maximum Gasteiger partial charge on any atom is 3.00 e. The number of nitrogens with two attached hydrogens (primary N) is 2. The van der Waals surface area contributed by atoms with Crippen LogP contribution in [0.25, 0.3) is 0 Å². The first-order valence-corrected chi connectivity index (χ1v) is 1.73. The van der Waals surface area contributed by atoms with Gasteiger partial charge in [-0.25, -0.2) is 0 Å². The summed E-state index contributed by atoms with van der Waals surface area (Å²) in [5.41, 5.74) is 10.2. The number of hydrogen-bond acceptors (Lipinski definition) is 2. The third kappa shape index (κ3) is 8.82. The molecule has 0 rings (SSSR count). The van der Waals surface area contributed by atoms with Crippen molar-refractivity contribution < 1.29 is 19.5 Å². The van der Waals surface area contributed by atoms with E-state index < -0.39 is 0 Å². The van der Waals surface area contributed by atoms with E-state index in [1.54, 1.807) is 0 Å². The van der Waals surface area contributed by atoms with Gasteiger partial charge in [0, 0.05) is 12.6 Å². The summed E-state index contributed by atoms with van der Waals surface area (Å²) in [5, 5.41) is 0. The Morgan fingerprint density at radius 2 is 1.83 bits per heavy atom. The van der Waals surface area contributed by atoms with Gasteiger partial charge in [-0.05, 0) is 6.92 Å². The van der Waals surface area contributed by atoms with Gasteiger partial charge in [0.1, 0.15) is 0 Å². The van der Waals surface area contributed by atoms with Crippen molar-refractivity contribution in [3.63, 3.8) is 0 Å². The molecule has 1 radical (unpaired) electrons. The van der Waals surface area contributed by atoms with Crippen LogP contribution in [0, 0.1) is 0 Å². The Labute approximate surface area is 51.0 Å². The monoisotopic (exact) mass is 176 g/mol. The molecule has 4 N–H and O–H groups in total. The van der Waals surface area contributed by atoms with Crippen molar-refractivity contribution in [3.8, 4) is 0 Å². The molecule has 0 aromatic heterocycles. The van der Waals surface area contributed by atoms with Crippen LogP contribution in [0.4, 0.5) is 0 Å². The van der Waals surface area contributed by atoms with E-state index in [9.17, 15) is 0 Å². The molecule has 0 aliphatic heterocycles. The summed E-state index contributed by atoms with van der Waals surface area (Å²) in [6.07, 6.45) is 0. The molecular formula is C3H10N2Ru+3. The third-order valence-corrected chi connectivity index (χ3v) is 0.372. The predicted molar refractivity (Wildman–Crippen MR) is 22.7 cm³/mol. The minimum atomic E-state index is 0. The average Bonchev–Trinajstić information content (AvgIpc) is 1.38. The zero-order valence-corrected chi connectivity index (χ0v) is 5.53. The van der Waals surface area contributed by atoms with Crippen molar-refractivity contribution in [2.24, 2.45) is 11.5 Å². The van der Waals surface area contributed by atoms with Gasteiger partial charge >= 0.3 is 19.5 Å². The fraction of sp³-hybridized carbons (Fsp3) is 1.00. The summed E-state index contributed by atoms with van der Waals surface area (Å²) in [4.78, 5) is 0. The van der Waals surface area contributed by atoms with E-state index >= 15 is 0 Å². The van der Waals surface area contributed by atoms with Crippen LogP contribution in [-0.2, 0) is 19.5 Å². The van der Waals surface area contributed by atoms with Crippen molar-refractivity contribution in [1.82, 2.24) is 0 Å². The molecule has 0 aromatic rings. The molecule has 0 saturated heterocycles. The zero-order chi connectivity index (χ0) is 4.28. The Hall–Kier alpha value is 0.543. The van der Waals surface area contributed by atoms with Gasteiger partial charge in [0.2, 0.25) is 0 Å². The van der Waals surface area contributed by atoms with E-state index in [2.05, 4.69) is 0 Å². The van der Waals surface area contributed by atoms with Crippen LogP contribution in [0.15, 0.2) is 0 Å². The summed E-state index contributed by atoms with van der Waals surface area (Å²) in [6, 6.07) is 0.162. The van der Waals surface area contributed by atoms with Crippen LogP contribution in [-0.4, -0.2) is 12.6 Å². The van der Waals surface area contributed by atoms with Crippen LogP contribution >= 0.6 is 0 Å². The van der Waals surface area contributed by atoms with Crippen molar-refractivity contribution in [2.75, 3.05) is 6.54 Å². The second-order valence-electron chi connectivity index (χ2n) is 1.21. The van der Waals surface area contributed by atoms with E-state index in [-0.39, 0.29) is 25.5 Å². The molecule has 6 heavy (non-hydrogen) atoms. The van der Waals surface area contributed by atoms with Crippen molar-refractivity contribution >= 4 is 0 Å². The Bertz CT molecular complexity index is 22.8. The molecule has 1 atom stereocenters. The average molecular weight is 175 g/mol. The molecule has 0 aliphatic carbocycles. The van der Waals surface area contributed by atoms with E-state index in [4.69, 9.17) is 11.5 Å². The van der Waals surface area contributed by atoms with E-state index in [1.165, 1.54) is 0 Å². The molecule has 0 heterocycles. The molecule has 3 heteroatoms. The molecule has 0 bridgehead atoms. The second-order valence-corrected chi connectivity index (χ2v) is 1.21. The quantitative estimate of drug-likeness (QED) is 0.517. The maximum atomic E-state index is 5.17. The molecule has 0 fully saturated rings. The molecule has 0 spiro atoms. The van der Waals surface area contributed by atoms with Gasteiger partial charge in [-0.3, -0.25) is 0 Å². The summed E-state index contributed by atoms with van der Waals surface area (Å²) in [5.74, 6) is 0. The summed E-state index contributed by atoms with van der Waals surface area (Å²) >= 11 is 0. The van der Waals surface area contributed by atoms with Crippen LogP contribution in [0.3, 0.4) is 0 Å². The maximum absolute atomic E-state index is 5.17. The van der Waals surface area contributed by atoms with Gasteiger partial charge in [-0.15, -0.1) is 0 Å². The minimum absolute atomic E-state index is 0. The van der Waals surface area contributed by atoms with Crippen LogP contribution in [0.5, 0.6) is 0 Å². The molecule has 37 valence electrons. The first-order chi connectivity index (χ1) is 2.27. The largest absolute Gasteiger partial charge is 3.00 e. The molecule has 0 amide bonds. The Balaban J connectivity index is 0. The topological polar surface area (TPSA) is 52.0 Å². The van der Waals surface area contributed by atoms with Gasteiger partial charge < -0.3 is 11.5 Å². The van der Waals surface area contributed by atoms with Gasteiger partial charge in [0.05, 0.1) is 0 Å². The standard InChI is InChI=1S/C3H10N2.Ru/c1-3(5)2-4;/h3H,2,4-5H2,1H3;/q;+3. The Morgan fingerprint density at radius 1 is 1.67 bits per heavy atom. The summed E-state index contributed by atoms with van der Waals surface area (Å²) in [7, 11) is 0. The van der Waals surface area contributed by atoms with E-state index in [0.717, 1.165) is 0 Å². The van der Waals surface area contributed by atoms with Crippen LogP contribution < -0.4 is 11.5 Å². The van der Waals surface area contributed by atoms with E-state index in [1.807, 2.05) is 6.92 Å². The molecular weight excluding hydrogens is 165 g/mol. The van der Waals surface area contributed by atoms with Gasteiger partial charge in [0.25, 0.3) is 0 Å². The third-order valence-electron chi connectivity index (χ3n) is 0.372. The van der Waals surface area contributed by atoms with Crippen LogP contribution in [0.1, 0.15) is 6.92 Å². The van der Waals surface area contributed by atoms with Gasteiger partial charge in [0.15, 0.2) is 0 Å². The molecule has 0 saturated carbocycles. The minimum Gasteiger partial charge on any atom is -0.329 e. The van der Waals surface area contributed by atoms with Crippen molar-refractivity contribution in [1.29, 1.82) is 0 Å². The zero-order valence-electron chi connectivity index (χ0n) is 3.79. The van der Waals surface area contributed by atoms with Crippen LogP contribution in [0.2, 0.25) is 0 Å². The molecule has 1 unspecified atom stereocenters. The van der Waals surface area contributed by atoms with Gasteiger partial charge in [-0.2, -0.15) is 0 Å².